The fraction of sp³-hybridized carbons (Fsp3) is 0.438. The molecule has 4 aromatic rings. The van der Waals surface area contributed by atoms with Crippen LogP contribution in [0.1, 0.15) is 63.5 Å². The molecule has 210 valence electrons. The number of nitrogens with zero attached hydrogens (tertiary/aromatic N) is 2. The van der Waals surface area contributed by atoms with Gasteiger partial charge in [0.25, 0.3) is 0 Å². The van der Waals surface area contributed by atoms with Crippen LogP contribution < -0.4 is 0 Å². The molecule has 2 unspecified atom stereocenters. The number of carbonyl (C=O) groups excluding carboxylic acids is 2. The second kappa shape index (κ2) is 10.6. The van der Waals surface area contributed by atoms with Crippen LogP contribution in [-0.2, 0) is 19.3 Å². The average Bonchev–Trinajstić information content (AvgIpc) is 3.57. The van der Waals surface area contributed by atoms with Crippen LogP contribution in [0.3, 0.4) is 0 Å². The molecule has 4 heterocycles. The zero-order valence-electron chi connectivity index (χ0n) is 23.5. The summed E-state index contributed by atoms with van der Waals surface area (Å²) in [6.07, 6.45) is 1.68. The van der Waals surface area contributed by atoms with Gasteiger partial charge in [-0.1, -0.05) is 64.1 Å². The first-order chi connectivity index (χ1) is 19.1. The number of rotatable bonds is 4. The fourth-order valence-corrected chi connectivity index (χ4v) is 8.75. The maximum absolute atomic E-state index is 12.8. The third-order valence-electron chi connectivity index (χ3n) is 8.75. The molecule has 2 aliphatic rings. The van der Waals surface area contributed by atoms with Gasteiger partial charge in [-0.2, -0.15) is 0 Å². The molecule has 0 N–H and O–H groups in total. The molecule has 2 fully saturated rings. The Kier molecular flexibility index (Phi) is 7.23. The quantitative estimate of drug-likeness (QED) is 0.237. The first kappa shape index (κ1) is 27.4. The topological polar surface area (TPSA) is 59.1 Å². The number of benzene rings is 2. The van der Waals surface area contributed by atoms with Gasteiger partial charge >= 0.3 is 11.9 Å². The van der Waals surface area contributed by atoms with Crippen molar-refractivity contribution in [3.63, 3.8) is 0 Å². The van der Waals surface area contributed by atoms with Crippen molar-refractivity contribution in [1.29, 1.82) is 0 Å². The Morgan fingerprint density at radius 3 is 1.52 bits per heavy atom. The van der Waals surface area contributed by atoms with E-state index in [9.17, 15) is 9.59 Å². The predicted octanol–water partition coefficient (Wildman–Crippen LogP) is 7.36. The van der Waals surface area contributed by atoms with Gasteiger partial charge in [-0.15, -0.1) is 32.8 Å². The van der Waals surface area contributed by atoms with Crippen LogP contribution in [0.4, 0.5) is 0 Å². The van der Waals surface area contributed by atoms with E-state index in [0.717, 1.165) is 12.8 Å². The van der Waals surface area contributed by atoms with Gasteiger partial charge in [-0.05, 0) is 80.3 Å². The number of thiophene rings is 2. The first-order valence-electron chi connectivity index (χ1n) is 14.0. The molecule has 0 bridgehead atoms. The summed E-state index contributed by atoms with van der Waals surface area (Å²) in [5.74, 6) is -1.25. The standard InChI is InChI=1S/C32H36N2O4S2/c1-31(2)19-33(15-11-25(31)23-9-5-7-21-13-17-39-27(21)23)37-29(35)30(36)38-34-16-12-26(32(3,4)20-34)24-10-6-8-22-14-18-40-28(22)24/h5-10,13-14,17-18,25-26H,11-12,15-16,19-20H2,1-4H3. The van der Waals surface area contributed by atoms with Crippen molar-refractivity contribution in [2.75, 3.05) is 26.2 Å². The van der Waals surface area contributed by atoms with Crippen LogP contribution in [0.25, 0.3) is 20.2 Å². The summed E-state index contributed by atoms with van der Waals surface area (Å²) in [7, 11) is 0. The molecule has 0 aliphatic carbocycles. The summed E-state index contributed by atoms with van der Waals surface area (Å²) in [6, 6.07) is 17.3. The van der Waals surface area contributed by atoms with Crippen LogP contribution in [0, 0.1) is 10.8 Å². The number of piperidine rings is 2. The van der Waals surface area contributed by atoms with E-state index in [0.29, 0.717) is 38.0 Å². The van der Waals surface area contributed by atoms with E-state index in [2.05, 4.69) is 87.0 Å². The molecule has 0 spiro atoms. The summed E-state index contributed by atoms with van der Waals surface area (Å²) < 4.78 is 2.65. The van der Waals surface area contributed by atoms with E-state index in [1.807, 2.05) is 0 Å². The molecule has 6 nitrogen and oxygen atoms in total. The van der Waals surface area contributed by atoms with Crippen molar-refractivity contribution in [1.82, 2.24) is 10.1 Å². The molecule has 40 heavy (non-hydrogen) atoms. The van der Waals surface area contributed by atoms with Crippen molar-refractivity contribution < 1.29 is 19.3 Å². The van der Waals surface area contributed by atoms with Crippen LogP contribution >= 0.6 is 22.7 Å². The van der Waals surface area contributed by atoms with Gasteiger partial charge in [0.05, 0.1) is 0 Å². The van der Waals surface area contributed by atoms with Crippen molar-refractivity contribution in [3.8, 4) is 0 Å². The third kappa shape index (κ3) is 5.18. The van der Waals surface area contributed by atoms with E-state index in [1.165, 1.54) is 31.3 Å². The van der Waals surface area contributed by atoms with E-state index < -0.39 is 11.9 Å². The van der Waals surface area contributed by atoms with Crippen LogP contribution in [0.15, 0.2) is 59.3 Å². The lowest BCUT2D eigenvalue weighted by Gasteiger charge is -2.44. The second-order valence-corrected chi connectivity index (χ2v) is 14.3. The molecule has 0 amide bonds. The molecule has 2 atom stereocenters. The van der Waals surface area contributed by atoms with Gasteiger partial charge in [-0.25, -0.2) is 9.59 Å². The smallest absolute Gasteiger partial charge is 0.359 e. The van der Waals surface area contributed by atoms with Gasteiger partial charge in [-0.3, -0.25) is 0 Å². The Morgan fingerprint density at radius 2 is 1.12 bits per heavy atom. The highest BCUT2D eigenvalue weighted by molar-refractivity contribution is 7.17. The van der Waals surface area contributed by atoms with Crippen molar-refractivity contribution in [3.05, 3.63) is 70.4 Å². The van der Waals surface area contributed by atoms with Gasteiger partial charge in [0.1, 0.15) is 0 Å². The summed E-state index contributed by atoms with van der Waals surface area (Å²) in [6.45, 7) is 11.0. The second-order valence-electron chi connectivity index (χ2n) is 12.5. The van der Waals surface area contributed by atoms with Crippen LogP contribution in [-0.4, -0.2) is 48.2 Å². The van der Waals surface area contributed by atoms with Crippen molar-refractivity contribution in [2.24, 2.45) is 10.8 Å². The van der Waals surface area contributed by atoms with E-state index in [1.54, 1.807) is 32.8 Å². The Morgan fingerprint density at radius 1 is 0.700 bits per heavy atom. The normalized spacial score (nSPS) is 23.3. The minimum Gasteiger partial charge on any atom is -0.359 e. The van der Waals surface area contributed by atoms with Crippen LogP contribution in [0.2, 0.25) is 0 Å². The van der Waals surface area contributed by atoms with Crippen LogP contribution in [0.5, 0.6) is 0 Å². The molecule has 2 saturated heterocycles. The van der Waals surface area contributed by atoms with Gasteiger partial charge in [0.2, 0.25) is 0 Å². The van der Waals surface area contributed by atoms with Gasteiger partial charge < -0.3 is 9.68 Å². The molecular weight excluding hydrogens is 540 g/mol. The molecule has 2 aromatic heterocycles. The Bertz CT molecular complexity index is 1440. The molecule has 2 aliphatic heterocycles. The summed E-state index contributed by atoms with van der Waals surface area (Å²) >= 11 is 3.55. The zero-order valence-corrected chi connectivity index (χ0v) is 25.1. The lowest BCUT2D eigenvalue weighted by Crippen LogP contribution is -2.48. The summed E-state index contributed by atoms with van der Waals surface area (Å²) in [5.41, 5.74) is 2.42. The highest BCUT2D eigenvalue weighted by Crippen LogP contribution is 2.46. The number of hydrogen-bond donors (Lipinski definition) is 0. The number of hydrogen-bond acceptors (Lipinski definition) is 8. The SMILES string of the molecule is CC1(C)CN(OC(=O)C(=O)ON2CCC(c3cccc4ccsc34)C(C)(C)C2)CCC1c1cccc2ccsc12. The first-order valence-corrected chi connectivity index (χ1v) is 15.7. The maximum Gasteiger partial charge on any atom is 0.438 e. The maximum atomic E-state index is 12.8. The monoisotopic (exact) mass is 576 g/mol. The Hall–Kier alpha value is -2.78. The summed E-state index contributed by atoms with van der Waals surface area (Å²) in [5, 5.41) is 10.1. The largest absolute Gasteiger partial charge is 0.438 e. The van der Waals surface area contributed by atoms with Crippen molar-refractivity contribution >= 4 is 54.8 Å². The minimum absolute atomic E-state index is 0.141. The third-order valence-corrected chi connectivity index (χ3v) is 10.7. The molecule has 0 saturated carbocycles. The highest BCUT2D eigenvalue weighted by atomic mass is 32.1. The molecule has 6 rings (SSSR count). The summed E-state index contributed by atoms with van der Waals surface area (Å²) in [4.78, 5) is 36.7. The van der Waals surface area contributed by atoms with Gasteiger partial charge in [0, 0.05) is 35.6 Å². The number of fused-ring (bicyclic) bond motifs is 2. The van der Waals surface area contributed by atoms with Gasteiger partial charge in [0.15, 0.2) is 0 Å². The number of carbonyl (C=O) groups is 2. The lowest BCUT2D eigenvalue weighted by atomic mass is 9.71. The number of hydroxylamine groups is 4. The Labute approximate surface area is 243 Å². The van der Waals surface area contributed by atoms with Crippen molar-refractivity contribution in [2.45, 2.75) is 52.4 Å². The lowest BCUT2D eigenvalue weighted by molar-refractivity contribution is -0.231. The van der Waals surface area contributed by atoms with E-state index in [-0.39, 0.29) is 10.8 Å². The van der Waals surface area contributed by atoms with E-state index >= 15 is 0 Å². The van der Waals surface area contributed by atoms with E-state index in [4.69, 9.17) is 9.68 Å². The molecule has 8 heteroatoms. The zero-order chi connectivity index (χ0) is 28.1. The molecular formula is C32H36N2O4S2. The fourth-order valence-electron chi connectivity index (χ4n) is 6.81. The highest BCUT2D eigenvalue weighted by Gasteiger charge is 2.42. The molecule has 2 aromatic carbocycles. The average molecular weight is 577 g/mol. The Balaban J connectivity index is 1.06. The predicted molar refractivity (Wildman–Crippen MR) is 161 cm³/mol. The molecule has 0 radical (unpaired) electrons. The minimum atomic E-state index is -0.960.